The molecule has 1 saturated heterocycles. The third kappa shape index (κ3) is 2.14. The molecule has 1 aromatic rings. The van der Waals surface area contributed by atoms with Gasteiger partial charge in [0.05, 0.1) is 11.4 Å². The van der Waals surface area contributed by atoms with Crippen LogP contribution in [0.4, 0.5) is 21.5 Å². The van der Waals surface area contributed by atoms with Crippen molar-refractivity contribution >= 4 is 17.1 Å². The molecule has 1 aromatic carbocycles. The van der Waals surface area contributed by atoms with Crippen LogP contribution in [0.3, 0.4) is 0 Å². The first-order chi connectivity index (χ1) is 7.16. The van der Waals surface area contributed by atoms with Gasteiger partial charge in [-0.15, -0.1) is 0 Å². The summed E-state index contributed by atoms with van der Waals surface area (Å²) in [7, 11) is 0. The number of hydrogen-bond donors (Lipinski definition) is 2. The molecular formula is C11H16FN3. The van der Waals surface area contributed by atoms with Crippen molar-refractivity contribution in [3.8, 4) is 0 Å². The predicted octanol–water partition coefficient (Wildman–Crippen LogP) is 1.79. The maximum Gasteiger partial charge on any atom is 0.103 e. The van der Waals surface area contributed by atoms with E-state index >= 15 is 0 Å². The Bertz CT molecular complexity index is 346. The van der Waals surface area contributed by atoms with Crippen molar-refractivity contribution in [1.29, 1.82) is 0 Å². The van der Waals surface area contributed by atoms with E-state index in [1.54, 1.807) is 6.07 Å². The molecule has 0 amide bonds. The van der Waals surface area contributed by atoms with E-state index in [4.69, 9.17) is 11.5 Å². The van der Waals surface area contributed by atoms with Gasteiger partial charge in [-0.1, -0.05) is 0 Å². The number of halogens is 1. The molecule has 1 aliphatic rings. The summed E-state index contributed by atoms with van der Waals surface area (Å²) in [5.74, 6) is 0. The van der Waals surface area contributed by atoms with Crippen LogP contribution in [0.15, 0.2) is 18.2 Å². The average Bonchev–Trinajstić information content (AvgIpc) is 2.23. The Labute approximate surface area is 88.9 Å². The fraction of sp³-hybridized carbons (Fsp3) is 0.455. The Morgan fingerprint density at radius 2 is 1.80 bits per heavy atom. The summed E-state index contributed by atoms with van der Waals surface area (Å²) in [5, 5.41) is 0. The molecule has 2 rings (SSSR count). The second kappa shape index (κ2) is 3.96. The van der Waals surface area contributed by atoms with Gasteiger partial charge < -0.3 is 16.4 Å². The number of benzene rings is 1. The number of piperidine rings is 1. The summed E-state index contributed by atoms with van der Waals surface area (Å²) < 4.78 is 12.9. The van der Waals surface area contributed by atoms with Gasteiger partial charge in [0.1, 0.15) is 6.17 Å². The molecule has 0 unspecified atom stereocenters. The second-order valence-corrected chi connectivity index (χ2v) is 3.97. The first-order valence-corrected chi connectivity index (χ1v) is 5.21. The van der Waals surface area contributed by atoms with Crippen molar-refractivity contribution in [3.63, 3.8) is 0 Å². The van der Waals surface area contributed by atoms with Crippen LogP contribution in [0, 0.1) is 0 Å². The van der Waals surface area contributed by atoms with E-state index in [9.17, 15) is 4.39 Å². The molecule has 4 heteroatoms. The normalized spacial score (nSPS) is 18.1. The highest BCUT2D eigenvalue weighted by molar-refractivity contribution is 5.69. The van der Waals surface area contributed by atoms with Crippen molar-refractivity contribution in [3.05, 3.63) is 18.2 Å². The molecule has 1 heterocycles. The van der Waals surface area contributed by atoms with Crippen LogP contribution < -0.4 is 16.4 Å². The van der Waals surface area contributed by atoms with E-state index in [2.05, 4.69) is 4.90 Å². The van der Waals surface area contributed by atoms with Crippen molar-refractivity contribution in [2.45, 2.75) is 19.0 Å². The van der Waals surface area contributed by atoms with Crippen molar-refractivity contribution < 1.29 is 4.39 Å². The quantitative estimate of drug-likeness (QED) is 0.693. The summed E-state index contributed by atoms with van der Waals surface area (Å²) in [6, 6.07) is 5.59. The highest BCUT2D eigenvalue weighted by Gasteiger charge is 2.18. The summed E-state index contributed by atoms with van der Waals surface area (Å²) >= 11 is 0. The molecule has 0 aromatic heterocycles. The molecule has 0 atom stereocenters. The molecule has 0 saturated carbocycles. The predicted molar refractivity (Wildman–Crippen MR) is 61.6 cm³/mol. The maximum atomic E-state index is 12.9. The van der Waals surface area contributed by atoms with Gasteiger partial charge in [-0.25, -0.2) is 4.39 Å². The lowest BCUT2D eigenvalue weighted by Crippen LogP contribution is -2.34. The summed E-state index contributed by atoms with van der Waals surface area (Å²) in [6.45, 7) is 1.51. The number of rotatable bonds is 1. The highest BCUT2D eigenvalue weighted by atomic mass is 19.1. The monoisotopic (exact) mass is 209 g/mol. The van der Waals surface area contributed by atoms with Gasteiger partial charge in [-0.3, -0.25) is 0 Å². The highest BCUT2D eigenvalue weighted by Crippen LogP contribution is 2.26. The minimum atomic E-state index is -0.646. The van der Waals surface area contributed by atoms with Crippen molar-refractivity contribution in [2.24, 2.45) is 0 Å². The fourth-order valence-corrected chi connectivity index (χ4v) is 1.87. The van der Waals surface area contributed by atoms with Gasteiger partial charge >= 0.3 is 0 Å². The number of alkyl halides is 1. The van der Waals surface area contributed by atoms with Gasteiger partial charge in [0.2, 0.25) is 0 Å². The zero-order valence-electron chi connectivity index (χ0n) is 8.62. The van der Waals surface area contributed by atoms with E-state index in [0.717, 1.165) is 18.8 Å². The molecule has 0 aliphatic carbocycles. The minimum Gasteiger partial charge on any atom is -0.397 e. The molecule has 3 nitrogen and oxygen atoms in total. The average molecular weight is 209 g/mol. The third-order valence-electron chi connectivity index (χ3n) is 2.86. The van der Waals surface area contributed by atoms with Gasteiger partial charge in [-0.2, -0.15) is 0 Å². The van der Waals surface area contributed by atoms with Gasteiger partial charge in [-0.05, 0) is 31.0 Å². The lowest BCUT2D eigenvalue weighted by atomic mass is 10.1. The topological polar surface area (TPSA) is 55.3 Å². The fourth-order valence-electron chi connectivity index (χ4n) is 1.87. The van der Waals surface area contributed by atoms with Gasteiger partial charge in [0.15, 0.2) is 0 Å². The number of nitrogens with two attached hydrogens (primary N) is 2. The van der Waals surface area contributed by atoms with Crippen LogP contribution >= 0.6 is 0 Å². The van der Waals surface area contributed by atoms with E-state index in [1.807, 2.05) is 12.1 Å². The Kier molecular flexibility index (Phi) is 2.66. The Morgan fingerprint density at radius 3 is 2.40 bits per heavy atom. The standard InChI is InChI=1S/C11H16FN3/c12-8-3-5-15(6-4-8)9-1-2-10(13)11(14)7-9/h1-2,7-8H,3-6,13-14H2. The van der Waals surface area contributed by atoms with Crippen LogP contribution in [0.1, 0.15) is 12.8 Å². The minimum absolute atomic E-state index is 0.592. The Balaban J connectivity index is 2.12. The van der Waals surface area contributed by atoms with E-state index in [0.29, 0.717) is 24.2 Å². The maximum absolute atomic E-state index is 12.9. The molecule has 4 N–H and O–H groups in total. The SMILES string of the molecule is Nc1ccc(N2CCC(F)CC2)cc1N. The molecule has 1 aliphatic heterocycles. The molecule has 0 bridgehead atoms. The summed E-state index contributed by atoms with van der Waals surface area (Å²) in [5.41, 5.74) is 13.6. The van der Waals surface area contributed by atoms with Gasteiger partial charge in [0, 0.05) is 18.8 Å². The van der Waals surface area contributed by atoms with E-state index in [-0.39, 0.29) is 0 Å². The van der Waals surface area contributed by atoms with Crippen molar-refractivity contribution in [2.75, 3.05) is 29.5 Å². The summed E-state index contributed by atoms with van der Waals surface area (Å²) in [4.78, 5) is 2.14. The number of nitrogen functional groups attached to an aromatic ring is 2. The molecule has 0 radical (unpaired) electrons. The van der Waals surface area contributed by atoms with E-state index < -0.39 is 6.17 Å². The first kappa shape index (κ1) is 10.1. The van der Waals surface area contributed by atoms with Crippen LogP contribution in [-0.4, -0.2) is 19.3 Å². The Morgan fingerprint density at radius 1 is 1.13 bits per heavy atom. The molecule has 82 valence electrons. The lowest BCUT2D eigenvalue weighted by molar-refractivity contribution is 0.277. The first-order valence-electron chi connectivity index (χ1n) is 5.21. The van der Waals surface area contributed by atoms with E-state index in [1.165, 1.54) is 0 Å². The number of hydrogen-bond acceptors (Lipinski definition) is 3. The zero-order chi connectivity index (χ0) is 10.8. The summed E-state index contributed by atoms with van der Waals surface area (Å²) in [6.07, 6.45) is 0.557. The Hall–Kier alpha value is -1.45. The lowest BCUT2D eigenvalue weighted by Gasteiger charge is -2.30. The van der Waals surface area contributed by atoms with Crippen molar-refractivity contribution in [1.82, 2.24) is 0 Å². The third-order valence-corrected chi connectivity index (χ3v) is 2.86. The molecular weight excluding hydrogens is 193 g/mol. The van der Waals surface area contributed by atoms with Crippen LogP contribution in [0.5, 0.6) is 0 Å². The second-order valence-electron chi connectivity index (χ2n) is 3.97. The largest absolute Gasteiger partial charge is 0.397 e. The molecule has 1 fully saturated rings. The molecule has 0 spiro atoms. The van der Waals surface area contributed by atoms with Crippen LogP contribution in [-0.2, 0) is 0 Å². The number of anilines is 3. The zero-order valence-corrected chi connectivity index (χ0v) is 8.62. The number of nitrogens with zero attached hydrogens (tertiary/aromatic N) is 1. The van der Waals surface area contributed by atoms with Crippen LogP contribution in [0.25, 0.3) is 0 Å². The molecule has 15 heavy (non-hydrogen) atoms. The van der Waals surface area contributed by atoms with Gasteiger partial charge in [0.25, 0.3) is 0 Å². The smallest absolute Gasteiger partial charge is 0.103 e. The van der Waals surface area contributed by atoms with Crippen LogP contribution in [0.2, 0.25) is 0 Å².